The molecule has 0 bridgehead atoms. The lowest BCUT2D eigenvalue weighted by Crippen LogP contribution is -2.49. The molecule has 4 rings (SSSR count). The Labute approximate surface area is 190 Å². The summed E-state index contributed by atoms with van der Waals surface area (Å²) in [6, 6.07) is 23.8. The van der Waals surface area contributed by atoms with Gasteiger partial charge in [-0.25, -0.2) is 12.8 Å². The second-order valence-electron chi connectivity index (χ2n) is 8.53. The van der Waals surface area contributed by atoms with Gasteiger partial charge in [0, 0.05) is 26.2 Å². The minimum Gasteiger partial charge on any atom is -0.290 e. The minimum absolute atomic E-state index is 0.0491. The van der Waals surface area contributed by atoms with Gasteiger partial charge < -0.3 is 0 Å². The fourth-order valence-corrected chi connectivity index (χ4v) is 5.69. The lowest BCUT2D eigenvalue weighted by Gasteiger charge is -2.39. The highest BCUT2D eigenvalue weighted by molar-refractivity contribution is 7.89. The van der Waals surface area contributed by atoms with Crippen molar-refractivity contribution >= 4 is 10.0 Å². The zero-order valence-corrected chi connectivity index (χ0v) is 19.3. The molecule has 0 amide bonds. The third kappa shape index (κ3) is 4.77. The van der Waals surface area contributed by atoms with Crippen molar-refractivity contribution in [3.8, 4) is 0 Å². The van der Waals surface area contributed by atoms with E-state index in [4.69, 9.17) is 0 Å². The van der Waals surface area contributed by atoms with E-state index in [1.54, 1.807) is 16.4 Å². The summed E-state index contributed by atoms with van der Waals surface area (Å²) in [7, 11) is -3.53. The molecule has 168 valence electrons. The second-order valence-corrected chi connectivity index (χ2v) is 10.5. The predicted octanol–water partition coefficient (Wildman–Crippen LogP) is 5.05. The number of halogens is 1. The van der Waals surface area contributed by atoms with E-state index in [0.29, 0.717) is 37.0 Å². The Morgan fingerprint density at radius 2 is 1.25 bits per heavy atom. The van der Waals surface area contributed by atoms with Crippen LogP contribution < -0.4 is 0 Å². The van der Waals surface area contributed by atoms with Crippen LogP contribution in [0.15, 0.2) is 83.8 Å². The quantitative estimate of drug-likeness (QED) is 0.526. The van der Waals surface area contributed by atoms with Crippen LogP contribution in [-0.4, -0.2) is 43.8 Å². The SMILES string of the molecule is CC(C)c1ccc(S(=O)(=O)N2CCN(C(c3ccccc3)c3ccc(F)cc3)CC2)cc1. The molecule has 0 spiro atoms. The van der Waals surface area contributed by atoms with Crippen LogP contribution in [-0.2, 0) is 10.0 Å². The molecule has 1 aliphatic rings. The summed E-state index contributed by atoms with van der Waals surface area (Å²) in [6.07, 6.45) is 0. The van der Waals surface area contributed by atoms with Gasteiger partial charge in [-0.1, -0.05) is 68.4 Å². The van der Waals surface area contributed by atoms with Gasteiger partial charge in [0.15, 0.2) is 0 Å². The molecule has 0 saturated carbocycles. The molecule has 6 heteroatoms. The number of sulfonamides is 1. The van der Waals surface area contributed by atoms with Gasteiger partial charge in [0.05, 0.1) is 10.9 Å². The molecule has 4 nitrogen and oxygen atoms in total. The highest BCUT2D eigenvalue weighted by atomic mass is 32.2. The van der Waals surface area contributed by atoms with Crippen LogP contribution >= 0.6 is 0 Å². The molecule has 1 unspecified atom stereocenters. The van der Waals surface area contributed by atoms with Crippen molar-refractivity contribution in [3.05, 3.63) is 101 Å². The highest BCUT2D eigenvalue weighted by Gasteiger charge is 2.32. The summed E-state index contributed by atoms with van der Waals surface area (Å²) < 4.78 is 41.5. The average molecular weight is 453 g/mol. The molecule has 0 N–H and O–H groups in total. The summed E-state index contributed by atoms with van der Waals surface area (Å²) in [6.45, 7) is 6.21. The van der Waals surface area contributed by atoms with Crippen molar-refractivity contribution in [2.24, 2.45) is 0 Å². The Hall–Kier alpha value is -2.54. The zero-order valence-electron chi connectivity index (χ0n) is 18.5. The van der Waals surface area contributed by atoms with Crippen molar-refractivity contribution in [2.75, 3.05) is 26.2 Å². The van der Waals surface area contributed by atoms with Crippen molar-refractivity contribution in [1.82, 2.24) is 9.21 Å². The van der Waals surface area contributed by atoms with Crippen LogP contribution in [0.25, 0.3) is 0 Å². The van der Waals surface area contributed by atoms with Crippen molar-refractivity contribution in [2.45, 2.75) is 30.7 Å². The number of rotatable bonds is 6. The van der Waals surface area contributed by atoms with Crippen LogP contribution in [0.5, 0.6) is 0 Å². The molecule has 3 aromatic carbocycles. The Bertz CT molecular complexity index is 1120. The van der Waals surface area contributed by atoms with Gasteiger partial charge >= 0.3 is 0 Å². The van der Waals surface area contributed by atoms with Crippen LogP contribution in [0.3, 0.4) is 0 Å². The molecule has 32 heavy (non-hydrogen) atoms. The van der Waals surface area contributed by atoms with E-state index in [1.165, 1.54) is 12.1 Å². The molecule has 1 fully saturated rings. The number of piperazine rings is 1. The largest absolute Gasteiger partial charge is 0.290 e. The fourth-order valence-electron chi connectivity index (χ4n) is 4.27. The number of hydrogen-bond donors (Lipinski definition) is 0. The van der Waals surface area contributed by atoms with Gasteiger partial charge in [-0.2, -0.15) is 4.31 Å². The standard InChI is InChI=1S/C26H29FN2O2S/c1-20(2)21-10-14-25(15-11-21)32(30,31)29-18-16-28(17-19-29)26(22-6-4-3-5-7-22)23-8-12-24(27)13-9-23/h3-15,20,26H,16-19H2,1-2H3. The third-order valence-corrected chi connectivity index (χ3v) is 8.04. The maximum absolute atomic E-state index is 13.5. The molecule has 3 aromatic rings. The summed E-state index contributed by atoms with van der Waals surface area (Å²) in [5.74, 6) is 0.0941. The van der Waals surface area contributed by atoms with Gasteiger partial charge in [-0.3, -0.25) is 4.90 Å². The van der Waals surface area contributed by atoms with Gasteiger partial charge in [-0.05, 0) is 46.9 Å². The first kappa shape index (κ1) is 22.6. The van der Waals surface area contributed by atoms with Gasteiger partial charge in [0.2, 0.25) is 10.0 Å². The van der Waals surface area contributed by atoms with E-state index in [-0.39, 0.29) is 11.9 Å². The average Bonchev–Trinajstić information content (AvgIpc) is 2.81. The Morgan fingerprint density at radius 3 is 1.81 bits per heavy atom. The van der Waals surface area contributed by atoms with E-state index in [9.17, 15) is 12.8 Å². The molecular weight excluding hydrogens is 423 g/mol. The number of hydrogen-bond acceptors (Lipinski definition) is 3. The van der Waals surface area contributed by atoms with E-state index in [0.717, 1.165) is 16.7 Å². The fraction of sp³-hybridized carbons (Fsp3) is 0.308. The number of nitrogens with zero attached hydrogens (tertiary/aromatic N) is 2. The van der Waals surface area contributed by atoms with Crippen LogP contribution in [0.4, 0.5) is 4.39 Å². The summed E-state index contributed by atoms with van der Waals surface area (Å²) in [5, 5.41) is 0. The molecule has 1 atom stereocenters. The van der Waals surface area contributed by atoms with Gasteiger partial charge in [-0.15, -0.1) is 0 Å². The van der Waals surface area contributed by atoms with Crippen molar-refractivity contribution in [1.29, 1.82) is 0 Å². The molecule has 0 aromatic heterocycles. The summed E-state index contributed by atoms with van der Waals surface area (Å²) in [5.41, 5.74) is 3.23. The predicted molar refractivity (Wildman–Crippen MR) is 126 cm³/mol. The van der Waals surface area contributed by atoms with Gasteiger partial charge in [0.25, 0.3) is 0 Å². The highest BCUT2D eigenvalue weighted by Crippen LogP contribution is 2.31. The summed E-state index contributed by atoms with van der Waals surface area (Å²) >= 11 is 0. The second kappa shape index (κ2) is 9.53. The maximum Gasteiger partial charge on any atom is 0.243 e. The number of benzene rings is 3. The van der Waals surface area contributed by atoms with Crippen LogP contribution in [0.2, 0.25) is 0 Å². The monoisotopic (exact) mass is 452 g/mol. The van der Waals surface area contributed by atoms with Crippen molar-refractivity contribution < 1.29 is 12.8 Å². The Morgan fingerprint density at radius 1 is 0.719 bits per heavy atom. The molecule has 1 heterocycles. The molecule has 1 saturated heterocycles. The normalized spacial score (nSPS) is 16.9. The lowest BCUT2D eigenvalue weighted by molar-refractivity contribution is 0.155. The van der Waals surface area contributed by atoms with Crippen molar-refractivity contribution in [3.63, 3.8) is 0 Å². The first-order valence-corrected chi connectivity index (χ1v) is 12.4. The smallest absolute Gasteiger partial charge is 0.243 e. The Balaban J connectivity index is 1.53. The van der Waals surface area contributed by atoms with E-state index < -0.39 is 10.0 Å². The maximum atomic E-state index is 13.5. The Kier molecular flexibility index (Phi) is 6.74. The summed E-state index contributed by atoms with van der Waals surface area (Å²) in [4.78, 5) is 2.62. The lowest BCUT2D eigenvalue weighted by atomic mass is 9.96. The van der Waals surface area contributed by atoms with Gasteiger partial charge in [0.1, 0.15) is 5.82 Å². The zero-order chi connectivity index (χ0) is 22.7. The first-order valence-electron chi connectivity index (χ1n) is 11.0. The van der Waals surface area contributed by atoms with E-state index >= 15 is 0 Å². The minimum atomic E-state index is -3.53. The molecule has 0 aliphatic carbocycles. The molecule has 1 aliphatic heterocycles. The topological polar surface area (TPSA) is 40.6 Å². The first-order chi connectivity index (χ1) is 15.4. The van der Waals surface area contributed by atoms with Crippen LogP contribution in [0.1, 0.15) is 42.5 Å². The van der Waals surface area contributed by atoms with E-state index in [1.807, 2.05) is 42.5 Å². The molecule has 0 radical (unpaired) electrons. The van der Waals surface area contributed by atoms with E-state index in [2.05, 4.69) is 30.9 Å². The van der Waals surface area contributed by atoms with Crippen LogP contribution in [0, 0.1) is 5.82 Å². The molecular formula is C26H29FN2O2S. The third-order valence-electron chi connectivity index (χ3n) is 6.12.